The van der Waals surface area contributed by atoms with Crippen LogP contribution in [0.5, 0.6) is 5.75 Å². The van der Waals surface area contributed by atoms with Gasteiger partial charge in [0.2, 0.25) is 6.41 Å². The highest BCUT2D eigenvalue weighted by molar-refractivity contribution is 5.94. The number of nitrogens with one attached hydrogen (secondary N) is 1. The largest absolute Gasteiger partial charge is 0.506 e. The number of aryl methyl sites for hydroxylation is 1. The molecule has 2 heterocycles. The van der Waals surface area contributed by atoms with Crippen LogP contribution in [0.15, 0.2) is 42.7 Å². The number of pyridine rings is 2. The van der Waals surface area contributed by atoms with E-state index in [1.807, 2.05) is 31.2 Å². The molecule has 0 bridgehead atoms. The van der Waals surface area contributed by atoms with Gasteiger partial charge in [-0.15, -0.1) is 0 Å². The number of carbonyl (C=O) groups is 1. The number of aromatic hydroxyl groups is 1. The lowest BCUT2D eigenvalue weighted by atomic mass is 10.0. The van der Waals surface area contributed by atoms with Gasteiger partial charge in [0.15, 0.2) is 0 Å². The zero-order valence-corrected chi connectivity index (χ0v) is 12.1. The molecule has 0 radical (unpaired) electrons. The topological polar surface area (TPSA) is 75.1 Å². The van der Waals surface area contributed by atoms with Crippen LogP contribution < -0.4 is 5.32 Å². The van der Waals surface area contributed by atoms with Crippen LogP contribution in [0.2, 0.25) is 0 Å². The summed E-state index contributed by atoms with van der Waals surface area (Å²) in [5.41, 5.74) is 4.51. The van der Waals surface area contributed by atoms with Crippen molar-refractivity contribution >= 4 is 17.3 Å². The second-order valence-corrected chi connectivity index (χ2v) is 5.04. The molecule has 0 spiro atoms. The number of rotatable bonds is 4. The second-order valence-electron chi connectivity index (χ2n) is 5.04. The second kappa shape index (κ2) is 5.81. The summed E-state index contributed by atoms with van der Waals surface area (Å²) < 4.78 is 0. The monoisotopic (exact) mass is 293 g/mol. The predicted molar refractivity (Wildman–Crippen MR) is 84.3 cm³/mol. The minimum atomic E-state index is 0.141. The molecule has 1 amide bonds. The Morgan fingerprint density at radius 3 is 2.91 bits per heavy atom. The summed E-state index contributed by atoms with van der Waals surface area (Å²) in [6, 6.07) is 9.48. The van der Waals surface area contributed by atoms with E-state index in [0.29, 0.717) is 13.0 Å². The van der Waals surface area contributed by atoms with Crippen molar-refractivity contribution in [3.05, 3.63) is 54.0 Å². The SMILES string of the molecule is Cc1ncc(-c2cccc3cc(O)cnc23)cc1CNC=O. The van der Waals surface area contributed by atoms with Crippen molar-refractivity contribution in [1.29, 1.82) is 0 Å². The van der Waals surface area contributed by atoms with Crippen molar-refractivity contribution in [2.24, 2.45) is 0 Å². The maximum atomic E-state index is 10.5. The van der Waals surface area contributed by atoms with Gasteiger partial charge in [0.25, 0.3) is 0 Å². The number of fused-ring (bicyclic) bond motifs is 1. The number of hydrogen-bond donors (Lipinski definition) is 2. The fourth-order valence-electron chi connectivity index (χ4n) is 2.44. The van der Waals surface area contributed by atoms with Gasteiger partial charge in [0, 0.05) is 34.9 Å². The highest BCUT2D eigenvalue weighted by atomic mass is 16.3. The molecule has 3 rings (SSSR count). The van der Waals surface area contributed by atoms with Gasteiger partial charge in [-0.2, -0.15) is 0 Å². The molecule has 0 saturated carbocycles. The fourth-order valence-corrected chi connectivity index (χ4v) is 2.44. The molecule has 2 N–H and O–H groups in total. The van der Waals surface area contributed by atoms with E-state index in [4.69, 9.17) is 0 Å². The van der Waals surface area contributed by atoms with E-state index in [1.54, 1.807) is 12.3 Å². The number of hydrogen-bond acceptors (Lipinski definition) is 4. The van der Waals surface area contributed by atoms with E-state index in [0.717, 1.165) is 33.3 Å². The molecule has 5 heteroatoms. The molecule has 0 saturated heterocycles. The number of aromatic nitrogens is 2. The molecule has 22 heavy (non-hydrogen) atoms. The quantitative estimate of drug-likeness (QED) is 0.725. The van der Waals surface area contributed by atoms with Gasteiger partial charge >= 0.3 is 0 Å². The molecule has 1 aromatic carbocycles. The van der Waals surface area contributed by atoms with Crippen LogP contribution in [0.1, 0.15) is 11.3 Å². The number of amides is 1. The number of carbonyl (C=O) groups excluding carboxylic acids is 1. The smallest absolute Gasteiger partial charge is 0.207 e. The first kappa shape index (κ1) is 14.0. The van der Waals surface area contributed by atoms with Crippen molar-refractivity contribution in [3.63, 3.8) is 0 Å². The maximum absolute atomic E-state index is 10.5. The van der Waals surface area contributed by atoms with E-state index in [2.05, 4.69) is 15.3 Å². The lowest BCUT2D eigenvalue weighted by Crippen LogP contribution is -2.11. The zero-order chi connectivity index (χ0) is 15.5. The molecule has 5 nitrogen and oxygen atoms in total. The van der Waals surface area contributed by atoms with Crippen LogP contribution in [-0.4, -0.2) is 21.5 Å². The molecule has 0 atom stereocenters. The molecule has 0 aliphatic heterocycles. The summed E-state index contributed by atoms with van der Waals surface area (Å²) in [6.07, 6.45) is 3.90. The number of nitrogens with zero attached hydrogens (tertiary/aromatic N) is 2. The Balaban J connectivity index is 2.13. The van der Waals surface area contributed by atoms with Gasteiger partial charge in [-0.25, -0.2) is 0 Å². The molecule has 0 aliphatic carbocycles. The van der Waals surface area contributed by atoms with Crippen molar-refractivity contribution in [2.75, 3.05) is 0 Å². The Morgan fingerprint density at radius 1 is 1.23 bits per heavy atom. The molecule has 110 valence electrons. The fraction of sp³-hybridized carbons (Fsp3) is 0.118. The summed E-state index contributed by atoms with van der Waals surface area (Å²) in [6.45, 7) is 2.35. The van der Waals surface area contributed by atoms with Crippen LogP contribution in [0.3, 0.4) is 0 Å². The first-order valence-corrected chi connectivity index (χ1v) is 6.89. The van der Waals surface area contributed by atoms with Crippen LogP contribution in [-0.2, 0) is 11.3 Å². The highest BCUT2D eigenvalue weighted by Crippen LogP contribution is 2.29. The molecule has 3 aromatic rings. The van der Waals surface area contributed by atoms with Crippen LogP contribution in [0, 0.1) is 6.92 Å². The minimum Gasteiger partial charge on any atom is -0.506 e. The summed E-state index contributed by atoms with van der Waals surface area (Å²) in [5.74, 6) is 0.141. The summed E-state index contributed by atoms with van der Waals surface area (Å²) >= 11 is 0. The molecular weight excluding hydrogens is 278 g/mol. The van der Waals surface area contributed by atoms with E-state index in [1.165, 1.54) is 6.20 Å². The third kappa shape index (κ3) is 2.61. The summed E-state index contributed by atoms with van der Waals surface area (Å²) in [5, 5.41) is 13.1. The van der Waals surface area contributed by atoms with Gasteiger partial charge in [-0.3, -0.25) is 14.8 Å². The first-order valence-electron chi connectivity index (χ1n) is 6.89. The van der Waals surface area contributed by atoms with Gasteiger partial charge < -0.3 is 10.4 Å². The van der Waals surface area contributed by atoms with Crippen molar-refractivity contribution in [3.8, 4) is 16.9 Å². The highest BCUT2D eigenvalue weighted by Gasteiger charge is 2.08. The predicted octanol–water partition coefficient (Wildman–Crippen LogP) is 2.56. The van der Waals surface area contributed by atoms with Crippen molar-refractivity contribution in [2.45, 2.75) is 13.5 Å². The van der Waals surface area contributed by atoms with Crippen LogP contribution in [0.4, 0.5) is 0 Å². The Morgan fingerprint density at radius 2 is 2.09 bits per heavy atom. The van der Waals surface area contributed by atoms with Gasteiger partial charge in [0.1, 0.15) is 5.75 Å². The zero-order valence-electron chi connectivity index (χ0n) is 12.1. The normalized spacial score (nSPS) is 10.6. The van der Waals surface area contributed by atoms with Crippen molar-refractivity contribution in [1.82, 2.24) is 15.3 Å². The molecule has 0 aliphatic rings. The van der Waals surface area contributed by atoms with E-state index >= 15 is 0 Å². The molecule has 0 unspecified atom stereocenters. The van der Waals surface area contributed by atoms with E-state index in [9.17, 15) is 9.90 Å². The lowest BCUT2D eigenvalue weighted by Gasteiger charge is -2.10. The van der Waals surface area contributed by atoms with E-state index in [-0.39, 0.29) is 5.75 Å². The van der Waals surface area contributed by atoms with Gasteiger partial charge in [0.05, 0.1) is 11.7 Å². The minimum absolute atomic E-state index is 0.141. The standard InChI is InChI=1S/C17H15N3O2/c1-11-13(7-18-10-21)5-14(8-19-11)16-4-2-3-12-6-15(22)9-20-17(12)16/h2-6,8-10,22H,7H2,1H3,(H,18,21). The van der Waals surface area contributed by atoms with E-state index < -0.39 is 0 Å². The molecule has 2 aromatic heterocycles. The summed E-state index contributed by atoms with van der Waals surface area (Å²) in [4.78, 5) is 19.2. The third-order valence-electron chi connectivity index (χ3n) is 3.58. The molecule has 0 fully saturated rings. The molecular formula is C17H15N3O2. The average molecular weight is 293 g/mol. The Labute approximate surface area is 127 Å². The average Bonchev–Trinajstić information content (AvgIpc) is 2.53. The Hall–Kier alpha value is -2.95. The number of para-hydroxylation sites is 1. The Bertz CT molecular complexity index is 846. The van der Waals surface area contributed by atoms with Crippen LogP contribution >= 0.6 is 0 Å². The first-order chi connectivity index (χ1) is 10.7. The summed E-state index contributed by atoms with van der Waals surface area (Å²) in [7, 11) is 0. The Kier molecular flexibility index (Phi) is 3.70. The lowest BCUT2D eigenvalue weighted by molar-refractivity contribution is -0.109. The number of benzene rings is 1. The maximum Gasteiger partial charge on any atom is 0.207 e. The van der Waals surface area contributed by atoms with Gasteiger partial charge in [-0.1, -0.05) is 18.2 Å². The van der Waals surface area contributed by atoms with Crippen molar-refractivity contribution < 1.29 is 9.90 Å². The van der Waals surface area contributed by atoms with Gasteiger partial charge in [-0.05, 0) is 24.6 Å². The van der Waals surface area contributed by atoms with Crippen LogP contribution in [0.25, 0.3) is 22.0 Å². The third-order valence-corrected chi connectivity index (χ3v) is 3.58.